The van der Waals surface area contributed by atoms with E-state index in [9.17, 15) is 8.78 Å². The third kappa shape index (κ3) is 5.13. The monoisotopic (exact) mass is 483 g/mol. The molecular weight excluding hydrogens is 452 g/mol. The molecule has 5 nitrogen and oxygen atoms in total. The Hall–Kier alpha value is -2.45. The Balaban J connectivity index is 1.35. The van der Waals surface area contributed by atoms with Gasteiger partial charge in [0.25, 0.3) is 0 Å². The zero-order chi connectivity index (χ0) is 23.7. The normalized spacial score (nSPS) is 19.4. The van der Waals surface area contributed by atoms with Gasteiger partial charge in [-0.25, -0.2) is 13.8 Å². The van der Waals surface area contributed by atoms with Crippen LogP contribution in [0.2, 0.25) is 0 Å². The van der Waals surface area contributed by atoms with Gasteiger partial charge in [0, 0.05) is 49.5 Å². The lowest BCUT2D eigenvalue weighted by molar-refractivity contribution is -0.0392. The van der Waals surface area contributed by atoms with Gasteiger partial charge in [0.15, 0.2) is 0 Å². The fourth-order valence-corrected chi connectivity index (χ4v) is 5.47. The van der Waals surface area contributed by atoms with Crippen LogP contribution in [-0.4, -0.2) is 43.7 Å². The first-order valence-electron chi connectivity index (χ1n) is 12.2. The number of hydrogen-bond acceptors (Lipinski definition) is 4. The molecule has 3 heterocycles. The molecule has 1 N–H and O–H groups in total. The first-order valence-corrected chi connectivity index (χ1v) is 12.6. The van der Waals surface area contributed by atoms with Gasteiger partial charge in [-0.15, -0.1) is 0 Å². The molecule has 0 radical (unpaired) electrons. The third-order valence-electron chi connectivity index (χ3n) is 7.26. The number of fused-ring (bicyclic) bond motifs is 1. The number of hydrogen-bond donors (Lipinski definition) is 1. The van der Waals surface area contributed by atoms with E-state index in [1.54, 1.807) is 0 Å². The quantitative estimate of drug-likeness (QED) is 0.439. The second-order valence-corrected chi connectivity index (χ2v) is 10.2. The molecule has 0 amide bonds. The SMILES string of the molecule is Cn1ncc(-c2ccc3cnc(NC(=S)C4CCC(F)(F)CC4)cc3c2)c1CN1CCCCC1. The van der Waals surface area contributed by atoms with E-state index in [0.717, 1.165) is 41.5 Å². The molecule has 1 aromatic carbocycles. The van der Waals surface area contributed by atoms with Gasteiger partial charge in [-0.3, -0.25) is 9.58 Å². The second kappa shape index (κ2) is 9.66. The summed E-state index contributed by atoms with van der Waals surface area (Å²) in [4.78, 5) is 7.62. The molecule has 1 saturated carbocycles. The van der Waals surface area contributed by atoms with Gasteiger partial charge in [0.1, 0.15) is 5.82 Å². The van der Waals surface area contributed by atoms with Crippen LogP contribution in [0.1, 0.15) is 50.6 Å². The maximum Gasteiger partial charge on any atom is 0.248 e. The molecule has 0 atom stereocenters. The van der Waals surface area contributed by atoms with Crippen LogP contribution in [0.3, 0.4) is 0 Å². The van der Waals surface area contributed by atoms with Gasteiger partial charge >= 0.3 is 0 Å². The number of rotatable bonds is 5. The minimum absolute atomic E-state index is 0.0220. The van der Waals surface area contributed by atoms with Gasteiger partial charge < -0.3 is 5.32 Å². The summed E-state index contributed by atoms with van der Waals surface area (Å²) >= 11 is 5.54. The molecule has 8 heteroatoms. The fraction of sp³-hybridized carbons (Fsp3) is 0.500. The second-order valence-electron chi connectivity index (χ2n) is 9.72. The molecule has 1 saturated heterocycles. The van der Waals surface area contributed by atoms with Crippen molar-refractivity contribution in [2.75, 3.05) is 18.4 Å². The van der Waals surface area contributed by atoms with Crippen LogP contribution >= 0.6 is 12.2 Å². The highest BCUT2D eigenvalue weighted by atomic mass is 32.1. The Bertz CT molecular complexity index is 1180. The molecular formula is C26H31F2N5S. The molecule has 1 aliphatic heterocycles. The number of nitrogens with one attached hydrogen (secondary N) is 1. The summed E-state index contributed by atoms with van der Waals surface area (Å²) in [5.74, 6) is -1.92. The van der Waals surface area contributed by atoms with E-state index < -0.39 is 5.92 Å². The maximum absolute atomic E-state index is 13.5. The average Bonchev–Trinajstić information content (AvgIpc) is 3.19. The smallest absolute Gasteiger partial charge is 0.248 e. The van der Waals surface area contributed by atoms with Gasteiger partial charge in [-0.05, 0) is 61.9 Å². The van der Waals surface area contributed by atoms with Crippen molar-refractivity contribution in [1.82, 2.24) is 19.7 Å². The zero-order valence-corrected chi connectivity index (χ0v) is 20.4. The number of aryl methyl sites for hydroxylation is 1. The van der Waals surface area contributed by atoms with E-state index in [2.05, 4.69) is 38.5 Å². The lowest BCUT2D eigenvalue weighted by atomic mass is 9.86. The number of aromatic nitrogens is 3. The number of halogens is 2. The number of nitrogens with zero attached hydrogens (tertiary/aromatic N) is 4. The number of piperidine rings is 1. The standard InChI is InChI=1S/C26H31F2N5S/c1-32-23(17-33-11-3-2-4-12-33)22(16-30-32)19-5-6-20-15-29-24(14-21(20)13-19)31-25(34)18-7-9-26(27,28)10-8-18/h5-6,13-16,18H,2-4,7-12,17H2,1H3,(H,29,31,34). The van der Waals surface area contributed by atoms with Crippen LogP contribution in [-0.2, 0) is 13.6 Å². The van der Waals surface area contributed by atoms with Gasteiger partial charge in [0.05, 0.1) is 16.9 Å². The summed E-state index contributed by atoms with van der Waals surface area (Å²) in [5.41, 5.74) is 3.51. The predicted octanol–water partition coefficient (Wildman–Crippen LogP) is 6.19. The number of anilines is 1. The molecule has 34 heavy (non-hydrogen) atoms. The van der Waals surface area contributed by atoms with Crippen LogP contribution in [0.5, 0.6) is 0 Å². The molecule has 1 aliphatic carbocycles. The van der Waals surface area contributed by atoms with Crippen molar-refractivity contribution in [2.45, 2.75) is 57.4 Å². The summed E-state index contributed by atoms with van der Waals surface area (Å²) in [5, 5.41) is 9.86. The average molecular weight is 484 g/mol. The number of benzene rings is 1. The van der Waals surface area contributed by atoms with E-state index in [-0.39, 0.29) is 18.8 Å². The van der Waals surface area contributed by atoms with Gasteiger partial charge in [-0.2, -0.15) is 5.10 Å². The number of thiocarbonyl (C=S) groups is 1. The van der Waals surface area contributed by atoms with Crippen LogP contribution in [0.15, 0.2) is 36.7 Å². The first-order chi connectivity index (χ1) is 16.4. The highest BCUT2D eigenvalue weighted by Gasteiger charge is 2.36. The van der Waals surface area contributed by atoms with Gasteiger partial charge in [0.2, 0.25) is 5.92 Å². The topological polar surface area (TPSA) is 46.0 Å². The van der Waals surface area contributed by atoms with E-state index in [4.69, 9.17) is 12.2 Å². The van der Waals surface area contributed by atoms with Crippen molar-refractivity contribution in [3.63, 3.8) is 0 Å². The van der Waals surface area contributed by atoms with E-state index in [1.807, 2.05) is 30.2 Å². The lowest BCUT2D eigenvalue weighted by Crippen LogP contribution is -2.31. The minimum Gasteiger partial charge on any atom is -0.334 e. The third-order valence-corrected chi connectivity index (χ3v) is 7.69. The van der Waals surface area contributed by atoms with Crippen molar-refractivity contribution < 1.29 is 8.78 Å². The van der Waals surface area contributed by atoms with E-state index in [1.165, 1.54) is 25.0 Å². The van der Waals surface area contributed by atoms with Gasteiger partial charge in [-0.1, -0.05) is 30.8 Å². The largest absolute Gasteiger partial charge is 0.334 e. The molecule has 0 bridgehead atoms. The molecule has 3 aromatic rings. The fourth-order valence-electron chi connectivity index (χ4n) is 5.13. The van der Waals surface area contributed by atoms with Crippen LogP contribution in [0.4, 0.5) is 14.6 Å². The van der Waals surface area contributed by atoms with Crippen molar-refractivity contribution in [1.29, 1.82) is 0 Å². The molecule has 5 rings (SSSR count). The van der Waals surface area contributed by atoms with E-state index in [0.29, 0.717) is 23.6 Å². The summed E-state index contributed by atoms with van der Waals surface area (Å²) in [6, 6.07) is 8.37. The minimum atomic E-state index is -2.55. The van der Waals surface area contributed by atoms with E-state index >= 15 is 0 Å². The molecule has 2 aliphatic rings. The molecule has 180 valence electrons. The summed E-state index contributed by atoms with van der Waals surface area (Å²) in [6.07, 6.45) is 8.26. The highest BCUT2D eigenvalue weighted by Crippen LogP contribution is 2.37. The predicted molar refractivity (Wildman–Crippen MR) is 136 cm³/mol. The van der Waals surface area contributed by atoms with Crippen molar-refractivity contribution >= 4 is 33.8 Å². The number of pyridine rings is 1. The summed E-state index contributed by atoms with van der Waals surface area (Å²) in [7, 11) is 2.01. The molecule has 2 fully saturated rings. The Morgan fingerprint density at radius 2 is 1.85 bits per heavy atom. The van der Waals surface area contributed by atoms with Crippen LogP contribution in [0, 0.1) is 5.92 Å². The van der Waals surface area contributed by atoms with Crippen molar-refractivity contribution in [2.24, 2.45) is 13.0 Å². The summed E-state index contributed by atoms with van der Waals surface area (Å²) in [6.45, 7) is 3.19. The Kier molecular flexibility index (Phi) is 6.62. The Morgan fingerprint density at radius 3 is 2.62 bits per heavy atom. The van der Waals surface area contributed by atoms with Crippen molar-refractivity contribution in [3.05, 3.63) is 42.4 Å². The Morgan fingerprint density at radius 1 is 1.09 bits per heavy atom. The number of likely N-dealkylation sites (tertiary alicyclic amines) is 1. The van der Waals surface area contributed by atoms with Crippen molar-refractivity contribution in [3.8, 4) is 11.1 Å². The van der Waals surface area contributed by atoms with Crippen LogP contribution in [0.25, 0.3) is 21.9 Å². The lowest BCUT2D eigenvalue weighted by Gasteiger charge is -2.28. The highest BCUT2D eigenvalue weighted by molar-refractivity contribution is 7.80. The number of alkyl halides is 2. The first kappa shape index (κ1) is 23.3. The zero-order valence-electron chi connectivity index (χ0n) is 19.6. The molecule has 2 aromatic heterocycles. The van der Waals surface area contributed by atoms with Crippen LogP contribution < -0.4 is 5.32 Å². The molecule has 0 spiro atoms. The Labute approximate surface area is 204 Å². The molecule has 0 unspecified atom stereocenters. The summed E-state index contributed by atoms with van der Waals surface area (Å²) < 4.78 is 29.0. The maximum atomic E-state index is 13.5.